The SMILES string of the molecule is C=Cc1ccc(Oc2ccc(C3(c4ccc(F)cc4)c4ccccc4-c4ccc(N(c5ccc6c(c5)C(c5ccc(F)cc5)(c5ccc(Oc7ccc(C=C)cc7)cc5)c5ccccc5-6)c5ccccc5-c5cccc6oc7ccccc7c56)cc43)cc2)cc1. The van der Waals surface area contributed by atoms with Gasteiger partial charge in [-0.3, -0.25) is 0 Å². The molecule has 13 aromatic carbocycles. The molecule has 0 radical (unpaired) electrons. The van der Waals surface area contributed by atoms with E-state index in [0.717, 1.165) is 128 Å². The van der Waals surface area contributed by atoms with Crippen LogP contribution < -0.4 is 14.4 Å². The lowest BCUT2D eigenvalue weighted by molar-refractivity contribution is 0.482. The molecule has 2 aliphatic carbocycles. The smallest absolute Gasteiger partial charge is 0.136 e. The lowest BCUT2D eigenvalue weighted by Gasteiger charge is -2.36. The lowest BCUT2D eigenvalue weighted by Crippen LogP contribution is -2.29. The maximum Gasteiger partial charge on any atom is 0.136 e. The van der Waals surface area contributed by atoms with E-state index in [1.54, 1.807) is 24.3 Å². The van der Waals surface area contributed by atoms with Crippen molar-refractivity contribution in [3.63, 3.8) is 0 Å². The van der Waals surface area contributed by atoms with E-state index >= 15 is 8.78 Å². The second-order valence-electron chi connectivity index (χ2n) is 23.0. The van der Waals surface area contributed by atoms with Crippen LogP contribution in [0.5, 0.6) is 23.0 Å². The van der Waals surface area contributed by atoms with E-state index in [1.165, 1.54) is 0 Å². The molecule has 0 aliphatic heterocycles. The molecule has 428 valence electrons. The minimum atomic E-state index is -0.936. The number of hydrogen-bond donors (Lipinski definition) is 0. The molecule has 1 aromatic heterocycles. The van der Waals surface area contributed by atoms with E-state index in [4.69, 9.17) is 13.9 Å². The zero-order valence-electron chi connectivity index (χ0n) is 48.8. The number of furan rings is 1. The van der Waals surface area contributed by atoms with E-state index < -0.39 is 10.8 Å². The van der Waals surface area contributed by atoms with Gasteiger partial charge in [0.15, 0.2) is 0 Å². The van der Waals surface area contributed by atoms with Gasteiger partial charge in [0, 0.05) is 27.7 Å². The van der Waals surface area contributed by atoms with Crippen LogP contribution in [0.1, 0.15) is 55.6 Å². The van der Waals surface area contributed by atoms with Crippen LogP contribution in [0.2, 0.25) is 0 Å². The third kappa shape index (κ3) is 8.63. The molecule has 0 amide bonds. The van der Waals surface area contributed by atoms with Gasteiger partial charge in [0.05, 0.1) is 16.5 Å². The summed E-state index contributed by atoms with van der Waals surface area (Å²) in [7, 11) is 0. The highest BCUT2D eigenvalue weighted by Crippen LogP contribution is 2.60. The van der Waals surface area contributed by atoms with Gasteiger partial charge >= 0.3 is 0 Å². The first kappa shape index (κ1) is 53.8. The molecule has 0 N–H and O–H groups in total. The minimum absolute atomic E-state index is 0.321. The van der Waals surface area contributed by atoms with Crippen LogP contribution >= 0.6 is 0 Å². The van der Waals surface area contributed by atoms with Crippen LogP contribution in [-0.2, 0) is 10.8 Å². The third-order valence-electron chi connectivity index (χ3n) is 18.2. The van der Waals surface area contributed by atoms with Crippen LogP contribution in [0.15, 0.2) is 315 Å². The largest absolute Gasteiger partial charge is 0.457 e. The number of ether oxygens (including phenoxy) is 2. The summed E-state index contributed by atoms with van der Waals surface area (Å²) in [6.45, 7) is 7.84. The average molecular weight is 1160 g/mol. The van der Waals surface area contributed by atoms with E-state index in [9.17, 15) is 0 Å². The number of nitrogens with zero attached hydrogens (tertiary/aromatic N) is 1. The second-order valence-corrected chi connectivity index (χ2v) is 23.0. The van der Waals surface area contributed by atoms with Gasteiger partial charge in [-0.05, 0) is 199 Å². The molecule has 0 saturated carbocycles. The highest BCUT2D eigenvalue weighted by atomic mass is 19.1. The van der Waals surface area contributed by atoms with Gasteiger partial charge in [0.25, 0.3) is 0 Å². The molecule has 6 heteroatoms. The Morgan fingerprint density at radius 1 is 0.333 bits per heavy atom. The fourth-order valence-electron chi connectivity index (χ4n) is 14.3. The van der Waals surface area contributed by atoms with Gasteiger partial charge in [0.1, 0.15) is 45.8 Å². The molecule has 2 aliphatic rings. The fraction of sp³-hybridized carbons (Fsp3) is 0.0238. The number of para-hydroxylation sites is 2. The molecule has 4 nitrogen and oxygen atoms in total. The van der Waals surface area contributed by atoms with Gasteiger partial charge in [-0.25, -0.2) is 8.78 Å². The van der Waals surface area contributed by atoms with Crippen molar-refractivity contribution in [2.45, 2.75) is 10.8 Å². The molecular formula is C84H55F2NO3. The molecule has 1 heterocycles. The zero-order chi connectivity index (χ0) is 60.5. The van der Waals surface area contributed by atoms with E-state index in [-0.39, 0.29) is 11.6 Å². The molecule has 0 saturated heterocycles. The van der Waals surface area contributed by atoms with Crippen molar-refractivity contribution in [3.05, 3.63) is 378 Å². The fourth-order valence-corrected chi connectivity index (χ4v) is 14.3. The number of rotatable bonds is 14. The quantitative estimate of drug-likeness (QED) is 0.109. The number of fused-ring (bicyclic) bond motifs is 9. The van der Waals surface area contributed by atoms with Crippen LogP contribution in [0, 0.1) is 11.6 Å². The van der Waals surface area contributed by atoms with Crippen molar-refractivity contribution in [3.8, 4) is 56.4 Å². The van der Waals surface area contributed by atoms with Gasteiger partial charge in [-0.15, -0.1) is 0 Å². The topological polar surface area (TPSA) is 34.8 Å². The summed E-state index contributed by atoms with van der Waals surface area (Å²) < 4.78 is 50.4. The molecule has 16 rings (SSSR count). The van der Waals surface area contributed by atoms with E-state index in [0.29, 0.717) is 23.0 Å². The first-order chi connectivity index (χ1) is 44.3. The van der Waals surface area contributed by atoms with Gasteiger partial charge in [-0.1, -0.05) is 207 Å². The normalized spacial score (nSPS) is 15.2. The lowest BCUT2D eigenvalue weighted by atomic mass is 9.67. The Morgan fingerprint density at radius 3 is 1.19 bits per heavy atom. The third-order valence-corrected chi connectivity index (χ3v) is 18.2. The Kier molecular flexibility index (Phi) is 13.0. The Morgan fingerprint density at radius 2 is 0.711 bits per heavy atom. The van der Waals surface area contributed by atoms with Crippen molar-refractivity contribution in [2.75, 3.05) is 4.90 Å². The molecule has 0 bridgehead atoms. The monoisotopic (exact) mass is 1160 g/mol. The Hall–Kier alpha value is -11.6. The predicted molar refractivity (Wildman–Crippen MR) is 362 cm³/mol. The standard InChI is InChI=1S/C84H55F2NO3/c1-3-54-24-42-64(43-25-54)88-66-46-32-58(33-47-66)83(56-28-36-60(85)37-29-56)75-19-9-5-14-68(75)70-50-40-62(52-77(70)83)87(79-21-11-7-16-72(79)73-18-13-23-81-82(73)74-17-8-12-22-80(74)90-81)63-41-51-71-69-15-6-10-20-76(69)84(78(71)53-63,57-30-38-61(86)39-31-57)59-34-48-67(49-35-59)89-65-44-26-55(4-2)27-45-65/h3-53H,1-2H2. The first-order valence-corrected chi connectivity index (χ1v) is 30.1. The second kappa shape index (κ2) is 21.7. The summed E-state index contributed by atoms with van der Waals surface area (Å²) in [5.41, 5.74) is 18.7. The summed E-state index contributed by atoms with van der Waals surface area (Å²) in [4.78, 5) is 2.39. The number of hydrogen-bond acceptors (Lipinski definition) is 4. The molecule has 0 fully saturated rings. The highest BCUT2D eigenvalue weighted by molar-refractivity contribution is 6.14. The summed E-state index contributed by atoms with van der Waals surface area (Å²) in [5, 5.41) is 2.04. The van der Waals surface area contributed by atoms with Crippen molar-refractivity contribution < 1.29 is 22.7 Å². The number of benzene rings is 13. The zero-order valence-corrected chi connectivity index (χ0v) is 48.8. The molecular weight excluding hydrogens is 1110 g/mol. The van der Waals surface area contributed by atoms with Crippen molar-refractivity contribution in [2.24, 2.45) is 0 Å². The minimum Gasteiger partial charge on any atom is -0.457 e. The Labute approximate surface area is 520 Å². The molecule has 0 spiro atoms. The van der Waals surface area contributed by atoms with Crippen molar-refractivity contribution in [1.82, 2.24) is 0 Å². The van der Waals surface area contributed by atoms with E-state index in [1.807, 2.05) is 127 Å². The predicted octanol–water partition coefficient (Wildman–Crippen LogP) is 22.6. The molecule has 90 heavy (non-hydrogen) atoms. The first-order valence-electron chi connectivity index (χ1n) is 30.1. The van der Waals surface area contributed by atoms with Gasteiger partial charge in [-0.2, -0.15) is 0 Å². The van der Waals surface area contributed by atoms with Crippen molar-refractivity contribution in [1.29, 1.82) is 0 Å². The molecule has 2 unspecified atom stereocenters. The van der Waals surface area contributed by atoms with Crippen molar-refractivity contribution >= 4 is 51.2 Å². The summed E-state index contributed by atoms with van der Waals surface area (Å²) in [5.74, 6) is 2.13. The van der Waals surface area contributed by atoms with Gasteiger partial charge in [0.2, 0.25) is 0 Å². The number of halogens is 2. The van der Waals surface area contributed by atoms with Crippen LogP contribution in [0.3, 0.4) is 0 Å². The average Bonchev–Trinajstić information content (AvgIpc) is 1.55. The van der Waals surface area contributed by atoms with Crippen LogP contribution in [0.4, 0.5) is 25.8 Å². The summed E-state index contributed by atoms with van der Waals surface area (Å²) in [6, 6.07) is 100. The molecule has 2 atom stereocenters. The van der Waals surface area contributed by atoms with Crippen LogP contribution in [-0.4, -0.2) is 0 Å². The number of anilines is 3. The summed E-state index contributed by atoms with van der Waals surface area (Å²) in [6.07, 6.45) is 3.62. The Bertz CT molecular complexity index is 4860. The van der Waals surface area contributed by atoms with E-state index in [2.05, 4.69) is 176 Å². The maximum absolute atomic E-state index is 15.4. The van der Waals surface area contributed by atoms with Gasteiger partial charge < -0.3 is 18.8 Å². The summed E-state index contributed by atoms with van der Waals surface area (Å²) >= 11 is 0. The maximum atomic E-state index is 15.4. The Balaban J connectivity index is 0.939. The van der Waals surface area contributed by atoms with Crippen LogP contribution in [0.25, 0.3) is 67.5 Å². The highest BCUT2D eigenvalue weighted by Gasteiger charge is 2.48. The molecule has 14 aromatic rings.